The van der Waals surface area contributed by atoms with Crippen LogP contribution in [0.25, 0.3) is 0 Å². The highest BCUT2D eigenvalue weighted by Crippen LogP contribution is 2.15. The predicted octanol–water partition coefficient (Wildman–Crippen LogP) is 0.938. The van der Waals surface area contributed by atoms with Crippen molar-refractivity contribution in [1.82, 2.24) is 0 Å². The van der Waals surface area contributed by atoms with Crippen molar-refractivity contribution in [3.05, 3.63) is 0 Å². The molecule has 0 amide bonds. The molecule has 2 unspecified atom stereocenters. The molecule has 1 heterocycles. The Morgan fingerprint density at radius 2 is 2.45 bits per heavy atom. The number of hydrogen-bond donors (Lipinski definition) is 1. The summed E-state index contributed by atoms with van der Waals surface area (Å²) in [5, 5.41) is 0. The summed E-state index contributed by atoms with van der Waals surface area (Å²) in [6, 6.07) is -0.122. The first kappa shape index (κ1) is 10.8. The molecule has 2 N–H and O–H groups in total. The number of terminal acetylenes is 1. The number of ether oxygens (including phenoxy) is 1. The van der Waals surface area contributed by atoms with Crippen LogP contribution in [-0.2, 0) is 4.74 Å². The first-order valence-corrected chi connectivity index (χ1v) is 3.66. The molecule has 0 aromatic carbocycles. The Morgan fingerprint density at radius 3 is 2.91 bits per heavy atom. The van der Waals surface area contributed by atoms with E-state index < -0.39 is 0 Å². The quantitative estimate of drug-likeness (QED) is 0.634. The van der Waals surface area contributed by atoms with E-state index in [1.807, 2.05) is 0 Å². The topological polar surface area (TPSA) is 35.2 Å². The molecular weight excluding hydrogens is 162 g/mol. The van der Waals surface area contributed by atoms with E-state index in [1.54, 1.807) is 0 Å². The summed E-state index contributed by atoms with van der Waals surface area (Å²) in [4.78, 5) is 0. The van der Waals surface area contributed by atoms with Crippen LogP contribution >= 0.6 is 12.4 Å². The van der Waals surface area contributed by atoms with Gasteiger partial charge in [-0.3, -0.25) is 0 Å². The van der Waals surface area contributed by atoms with Gasteiger partial charge in [-0.05, 0) is 19.3 Å². The third-order valence-electron chi connectivity index (χ3n) is 1.75. The Labute approximate surface area is 73.9 Å². The van der Waals surface area contributed by atoms with Gasteiger partial charge in [0.2, 0.25) is 0 Å². The van der Waals surface area contributed by atoms with Gasteiger partial charge in [-0.1, -0.05) is 5.92 Å². The summed E-state index contributed by atoms with van der Waals surface area (Å²) in [7, 11) is 0. The maximum Gasteiger partial charge on any atom is 0.0686 e. The molecule has 0 aliphatic carbocycles. The number of nitrogens with two attached hydrogens (primary N) is 1. The zero-order valence-electron chi connectivity index (χ0n) is 6.45. The standard InChI is InChI=1S/C8H13NO.ClH/c1-2-7(9)6-8-4-3-5-10-8;/h1,7-8H,3-6,9H2;1H. The van der Waals surface area contributed by atoms with Crippen molar-refractivity contribution < 1.29 is 4.74 Å². The average Bonchev–Trinajstić information content (AvgIpc) is 2.40. The summed E-state index contributed by atoms with van der Waals surface area (Å²) >= 11 is 0. The lowest BCUT2D eigenvalue weighted by Gasteiger charge is -2.10. The Hall–Kier alpha value is -0.230. The van der Waals surface area contributed by atoms with Crippen LogP contribution in [-0.4, -0.2) is 18.8 Å². The van der Waals surface area contributed by atoms with Crippen molar-refractivity contribution in [2.75, 3.05) is 6.61 Å². The van der Waals surface area contributed by atoms with Crippen molar-refractivity contribution in [3.8, 4) is 12.3 Å². The summed E-state index contributed by atoms with van der Waals surface area (Å²) < 4.78 is 5.35. The van der Waals surface area contributed by atoms with Crippen LogP contribution in [0.5, 0.6) is 0 Å². The highest BCUT2D eigenvalue weighted by atomic mass is 35.5. The lowest BCUT2D eigenvalue weighted by Crippen LogP contribution is -2.23. The first-order valence-electron chi connectivity index (χ1n) is 3.66. The van der Waals surface area contributed by atoms with Gasteiger partial charge in [-0.2, -0.15) is 0 Å². The largest absolute Gasteiger partial charge is 0.378 e. The summed E-state index contributed by atoms with van der Waals surface area (Å²) in [6.45, 7) is 0.877. The second-order valence-electron chi connectivity index (χ2n) is 2.64. The third-order valence-corrected chi connectivity index (χ3v) is 1.75. The molecule has 0 saturated carbocycles. The minimum atomic E-state index is -0.122. The molecule has 2 atom stereocenters. The molecule has 0 spiro atoms. The van der Waals surface area contributed by atoms with Gasteiger partial charge in [0.05, 0.1) is 12.1 Å². The van der Waals surface area contributed by atoms with Gasteiger partial charge in [0.1, 0.15) is 0 Å². The maximum atomic E-state index is 5.54. The average molecular weight is 176 g/mol. The molecule has 64 valence electrons. The summed E-state index contributed by atoms with van der Waals surface area (Å²) in [5.74, 6) is 2.49. The summed E-state index contributed by atoms with van der Waals surface area (Å²) in [6.07, 6.45) is 8.54. The molecule has 1 aliphatic rings. The van der Waals surface area contributed by atoms with E-state index in [9.17, 15) is 0 Å². The Balaban J connectivity index is 0.000001000. The van der Waals surface area contributed by atoms with E-state index in [0.29, 0.717) is 6.10 Å². The van der Waals surface area contributed by atoms with Crippen molar-refractivity contribution in [2.24, 2.45) is 5.73 Å². The number of rotatable bonds is 2. The van der Waals surface area contributed by atoms with Gasteiger partial charge >= 0.3 is 0 Å². The second kappa shape index (κ2) is 5.42. The highest BCUT2D eigenvalue weighted by molar-refractivity contribution is 5.85. The van der Waals surface area contributed by atoms with Gasteiger partial charge in [-0.25, -0.2) is 0 Å². The van der Waals surface area contributed by atoms with Crippen molar-refractivity contribution in [3.63, 3.8) is 0 Å². The van der Waals surface area contributed by atoms with Crippen LogP contribution in [0, 0.1) is 12.3 Å². The van der Waals surface area contributed by atoms with Crippen LogP contribution in [0.1, 0.15) is 19.3 Å². The Morgan fingerprint density at radius 1 is 1.73 bits per heavy atom. The lowest BCUT2D eigenvalue weighted by atomic mass is 10.1. The molecule has 11 heavy (non-hydrogen) atoms. The van der Waals surface area contributed by atoms with E-state index in [-0.39, 0.29) is 18.4 Å². The minimum absolute atomic E-state index is 0. The second-order valence-corrected chi connectivity index (χ2v) is 2.64. The molecular formula is C8H14ClNO. The molecule has 1 saturated heterocycles. The minimum Gasteiger partial charge on any atom is -0.378 e. The molecule has 0 bridgehead atoms. The van der Waals surface area contributed by atoms with E-state index in [0.717, 1.165) is 25.9 Å². The monoisotopic (exact) mass is 175 g/mol. The van der Waals surface area contributed by atoms with Crippen molar-refractivity contribution in [1.29, 1.82) is 0 Å². The molecule has 1 aliphatic heterocycles. The van der Waals surface area contributed by atoms with E-state index in [1.165, 1.54) is 0 Å². The fourth-order valence-corrected chi connectivity index (χ4v) is 1.18. The fraction of sp³-hybridized carbons (Fsp3) is 0.750. The molecule has 0 radical (unpaired) electrons. The Bertz CT molecular complexity index is 138. The molecule has 3 heteroatoms. The SMILES string of the molecule is C#CC(N)CC1CCCO1.Cl. The zero-order chi connectivity index (χ0) is 7.40. The molecule has 1 fully saturated rings. The van der Waals surface area contributed by atoms with Crippen molar-refractivity contribution >= 4 is 12.4 Å². The highest BCUT2D eigenvalue weighted by Gasteiger charge is 2.17. The van der Waals surface area contributed by atoms with E-state index >= 15 is 0 Å². The smallest absolute Gasteiger partial charge is 0.0686 e. The molecule has 1 rings (SSSR count). The van der Waals surface area contributed by atoms with Gasteiger partial charge in [0.15, 0.2) is 0 Å². The van der Waals surface area contributed by atoms with Crippen LogP contribution in [0.3, 0.4) is 0 Å². The van der Waals surface area contributed by atoms with Crippen LogP contribution < -0.4 is 5.73 Å². The van der Waals surface area contributed by atoms with Crippen LogP contribution in [0.4, 0.5) is 0 Å². The van der Waals surface area contributed by atoms with E-state index in [2.05, 4.69) is 5.92 Å². The van der Waals surface area contributed by atoms with Gasteiger partial charge in [0.25, 0.3) is 0 Å². The normalized spacial score (nSPS) is 25.3. The zero-order valence-corrected chi connectivity index (χ0v) is 7.27. The van der Waals surface area contributed by atoms with Crippen LogP contribution in [0.2, 0.25) is 0 Å². The third kappa shape index (κ3) is 3.62. The lowest BCUT2D eigenvalue weighted by molar-refractivity contribution is 0.102. The Kier molecular flexibility index (Phi) is 5.31. The summed E-state index contributed by atoms with van der Waals surface area (Å²) in [5.41, 5.74) is 5.54. The van der Waals surface area contributed by atoms with Gasteiger partial charge in [-0.15, -0.1) is 18.8 Å². The number of hydrogen-bond acceptors (Lipinski definition) is 2. The fourth-order valence-electron chi connectivity index (χ4n) is 1.18. The molecule has 0 aromatic rings. The first-order chi connectivity index (χ1) is 4.83. The predicted molar refractivity (Wildman–Crippen MR) is 47.6 cm³/mol. The molecule has 0 aromatic heterocycles. The van der Waals surface area contributed by atoms with Crippen molar-refractivity contribution in [2.45, 2.75) is 31.4 Å². The van der Waals surface area contributed by atoms with Gasteiger partial charge < -0.3 is 10.5 Å². The maximum absolute atomic E-state index is 5.54. The van der Waals surface area contributed by atoms with Gasteiger partial charge in [0, 0.05) is 6.61 Å². The van der Waals surface area contributed by atoms with Crippen LogP contribution in [0.15, 0.2) is 0 Å². The van der Waals surface area contributed by atoms with E-state index in [4.69, 9.17) is 16.9 Å². The number of halogens is 1. The molecule has 2 nitrogen and oxygen atoms in total.